The van der Waals surface area contributed by atoms with Crippen LogP contribution in [-0.2, 0) is 20.9 Å². The number of nitrogens with one attached hydrogen (secondary N) is 1. The van der Waals surface area contributed by atoms with Crippen LogP contribution in [0.5, 0.6) is 5.75 Å². The lowest BCUT2D eigenvalue weighted by molar-refractivity contribution is -0.274. The third-order valence-electron chi connectivity index (χ3n) is 5.52. The number of hydrogen-bond donors (Lipinski definition) is 2. The van der Waals surface area contributed by atoms with E-state index in [1.54, 1.807) is 11.0 Å². The Hall–Kier alpha value is -3.29. The van der Waals surface area contributed by atoms with Crippen LogP contribution < -0.4 is 15.8 Å². The monoisotopic (exact) mass is 468 g/mol. The first-order valence-corrected chi connectivity index (χ1v) is 10.5. The Bertz CT molecular complexity index is 927. The zero-order chi connectivity index (χ0) is 24.8. The van der Waals surface area contributed by atoms with Crippen LogP contribution in [0.3, 0.4) is 0 Å². The van der Waals surface area contributed by atoms with Gasteiger partial charge in [-0.1, -0.05) is 19.9 Å². The third kappa shape index (κ3) is 7.66. The third-order valence-corrected chi connectivity index (χ3v) is 5.52. The Labute approximate surface area is 189 Å². The number of hydrogen-bond acceptors (Lipinski definition) is 5. The molecule has 8 nitrogen and oxygen atoms in total. The van der Waals surface area contributed by atoms with Crippen molar-refractivity contribution in [2.45, 2.75) is 46.0 Å². The lowest BCUT2D eigenvalue weighted by Gasteiger charge is -2.35. The maximum absolute atomic E-state index is 12.9. The molecule has 0 spiro atoms. The van der Waals surface area contributed by atoms with Crippen molar-refractivity contribution in [3.63, 3.8) is 0 Å². The number of nitrogens with two attached hydrogens (primary N) is 1. The normalized spacial score (nSPS) is 17.2. The quantitative estimate of drug-likeness (QED) is 0.606. The lowest BCUT2D eigenvalue weighted by Crippen LogP contribution is -2.48. The summed E-state index contributed by atoms with van der Waals surface area (Å²) in [6.07, 6.45) is -3.94. The maximum Gasteiger partial charge on any atom is 0.573 e. The van der Waals surface area contributed by atoms with E-state index in [0.29, 0.717) is 19.4 Å². The molecule has 1 heterocycles. The molecule has 1 saturated heterocycles. The predicted molar refractivity (Wildman–Crippen MR) is 111 cm³/mol. The van der Waals surface area contributed by atoms with Gasteiger partial charge in [0.2, 0.25) is 17.7 Å². The number of rotatable bonds is 8. The van der Waals surface area contributed by atoms with Crippen molar-refractivity contribution in [3.05, 3.63) is 29.3 Å². The molecular formula is C22H27F3N4O4. The highest BCUT2D eigenvalue weighted by molar-refractivity contribution is 5.86. The highest BCUT2D eigenvalue weighted by Gasteiger charge is 2.34. The molecule has 1 fully saturated rings. The zero-order valence-electron chi connectivity index (χ0n) is 18.4. The van der Waals surface area contributed by atoms with E-state index in [2.05, 4.69) is 10.1 Å². The number of nitrogens with zero attached hydrogens (tertiary/aromatic N) is 2. The first kappa shape index (κ1) is 26.0. The molecule has 1 aromatic rings. The van der Waals surface area contributed by atoms with Gasteiger partial charge in [-0.3, -0.25) is 14.4 Å². The van der Waals surface area contributed by atoms with Crippen LogP contribution >= 0.6 is 0 Å². The second-order valence-corrected chi connectivity index (χ2v) is 8.34. The standard InChI is InChI=1S/C22H27F3N4O4/c1-13(2)17(9-19(27)30)21(32)29-7-3-4-16(12-29)20(31)28-11-15-6-5-14(10-26)8-18(15)33-22(23,24)25/h5-6,8,13,16-17H,3-4,7,9,11-12H2,1-2H3,(H2,27,30)(H,28,31)/t16-,17-/m1/s1. The molecule has 0 saturated carbocycles. The van der Waals surface area contributed by atoms with Crippen molar-refractivity contribution in [1.82, 2.24) is 10.2 Å². The fraction of sp³-hybridized carbons (Fsp3) is 0.545. The minimum atomic E-state index is -4.95. The van der Waals surface area contributed by atoms with E-state index in [4.69, 9.17) is 11.0 Å². The number of halogens is 3. The Morgan fingerprint density at radius 1 is 1.33 bits per heavy atom. The molecule has 33 heavy (non-hydrogen) atoms. The fourth-order valence-corrected chi connectivity index (χ4v) is 3.77. The van der Waals surface area contributed by atoms with Gasteiger partial charge in [0.25, 0.3) is 0 Å². The second kappa shape index (κ2) is 11.0. The number of amides is 3. The summed E-state index contributed by atoms with van der Waals surface area (Å²) in [6, 6.07) is 5.31. The molecule has 3 amide bonds. The fourth-order valence-electron chi connectivity index (χ4n) is 3.77. The van der Waals surface area contributed by atoms with E-state index in [0.717, 1.165) is 6.07 Å². The summed E-state index contributed by atoms with van der Waals surface area (Å²) in [5.74, 6) is -3.02. The van der Waals surface area contributed by atoms with E-state index in [-0.39, 0.29) is 42.5 Å². The molecule has 0 unspecified atom stereocenters. The van der Waals surface area contributed by atoms with Gasteiger partial charge in [-0.25, -0.2) is 0 Å². The van der Waals surface area contributed by atoms with E-state index in [1.165, 1.54) is 12.1 Å². The molecule has 2 atom stereocenters. The molecule has 3 N–H and O–H groups in total. The Morgan fingerprint density at radius 3 is 2.61 bits per heavy atom. The minimum Gasteiger partial charge on any atom is -0.405 e. The number of likely N-dealkylation sites (tertiary alicyclic amines) is 1. The number of carbonyl (C=O) groups excluding carboxylic acids is 3. The van der Waals surface area contributed by atoms with Crippen LogP contribution in [0.15, 0.2) is 18.2 Å². The van der Waals surface area contributed by atoms with Gasteiger partial charge in [-0.15, -0.1) is 13.2 Å². The van der Waals surface area contributed by atoms with Crippen LogP contribution in [0.2, 0.25) is 0 Å². The van der Waals surface area contributed by atoms with Crippen molar-refractivity contribution in [1.29, 1.82) is 5.26 Å². The minimum absolute atomic E-state index is 0.0126. The molecule has 11 heteroatoms. The molecule has 0 aliphatic carbocycles. The topological polar surface area (TPSA) is 126 Å². The average molecular weight is 468 g/mol. The Balaban J connectivity index is 2.05. The van der Waals surface area contributed by atoms with E-state index < -0.39 is 35.8 Å². The number of carbonyl (C=O) groups is 3. The van der Waals surface area contributed by atoms with Crippen molar-refractivity contribution >= 4 is 17.7 Å². The number of piperidine rings is 1. The second-order valence-electron chi connectivity index (χ2n) is 8.34. The molecule has 0 aromatic heterocycles. The van der Waals surface area contributed by atoms with Gasteiger partial charge in [0.1, 0.15) is 5.75 Å². The number of primary amides is 1. The van der Waals surface area contributed by atoms with Gasteiger partial charge in [-0.2, -0.15) is 5.26 Å². The molecule has 1 aliphatic rings. The predicted octanol–water partition coefficient (Wildman–Crippen LogP) is 2.46. The van der Waals surface area contributed by atoms with Gasteiger partial charge in [0.15, 0.2) is 0 Å². The zero-order valence-corrected chi connectivity index (χ0v) is 18.4. The van der Waals surface area contributed by atoms with Gasteiger partial charge in [0, 0.05) is 37.5 Å². The van der Waals surface area contributed by atoms with Crippen molar-refractivity contribution in [2.75, 3.05) is 13.1 Å². The summed E-state index contributed by atoms with van der Waals surface area (Å²) in [7, 11) is 0. The molecule has 1 aromatic carbocycles. The van der Waals surface area contributed by atoms with Gasteiger partial charge >= 0.3 is 6.36 Å². The average Bonchev–Trinajstić information content (AvgIpc) is 2.74. The highest BCUT2D eigenvalue weighted by Crippen LogP contribution is 2.28. The summed E-state index contributed by atoms with van der Waals surface area (Å²) in [5, 5.41) is 11.5. The molecule has 1 aliphatic heterocycles. The summed E-state index contributed by atoms with van der Waals surface area (Å²) in [5.41, 5.74) is 5.31. The summed E-state index contributed by atoms with van der Waals surface area (Å²) in [4.78, 5) is 38.5. The molecule has 0 bridgehead atoms. The van der Waals surface area contributed by atoms with E-state index >= 15 is 0 Å². The highest BCUT2D eigenvalue weighted by atomic mass is 19.4. The smallest absolute Gasteiger partial charge is 0.405 e. The van der Waals surface area contributed by atoms with Crippen LogP contribution in [0.25, 0.3) is 0 Å². The molecular weight excluding hydrogens is 441 g/mol. The number of nitriles is 1. The van der Waals surface area contributed by atoms with Crippen molar-refractivity contribution in [2.24, 2.45) is 23.5 Å². The van der Waals surface area contributed by atoms with Crippen LogP contribution in [0.1, 0.15) is 44.2 Å². The Kier molecular flexibility index (Phi) is 8.68. The SMILES string of the molecule is CC(C)[C@@H](CC(N)=O)C(=O)N1CCC[C@@H](C(=O)NCc2ccc(C#N)cc2OC(F)(F)F)C1. The first-order valence-electron chi connectivity index (χ1n) is 10.5. The molecule has 0 radical (unpaired) electrons. The first-order chi connectivity index (χ1) is 15.4. The van der Waals surface area contributed by atoms with Gasteiger partial charge in [0.05, 0.1) is 17.6 Å². The number of alkyl halides is 3. The van der Waals surface area contributed by atoms with E-state index in [1.807, 2.05) is 13.8 Å². The molecule has 180 valence electrons. The van der Waals surface area contributed by atoms with Crippen LogP contribution in [-0.4, -0.2) is 42.1 Å². The summed E-state index contributed by atoms with van der Waals surface area (Å²) >= 11 is 0. The van der Waals surface area contributed by atoms with Crippen LogP contribution in [0, 0.1) is 29.1 Å². The maximum atomic E-state index is 12.9. The van der Waals surface area contributed by atoms with Crippen LogP contribution in [0.4, 0.5) is 13.2 Å². The lowest BCUT2D eigenvalue weighted by atomic mass is 9.89. The van der Waals surface area contributed by atoms with Gasteiger partial charge < -0.3 is 20.7 Å². The summed E-state index contributed by atoms with van der Waals surface area (Å²) in [6.45, 7) is 3.99. The summed E-state index contributed by atoms with van der Waals surface area (Å²) < 4.78 is 42.1. The van der Waals surface area contributed by atoms with E-state index in [9.17, 15) is 27.6 Å². The van der Waals surface area contributed by atoms with Gasteiger partial charge in [-0.05, 0) is 30.9 Å². The van der Waals surface area contributed by atoms with Crippen molar-refractivity contribution in [3.8, 4) is 11.8 Å². The largest absolute Gasteiger partial charge is 0.573 e. The number of benzene rings is 1. The number of ether oxygens (including phenoxy) is 1. The van der Waals surface area contributed by atoms with Crippen molar-refractivity contribution < 1.29 is 32.3 Å². The Morgan fingerprint density at radius 2 is 2.03 bits per heavy atom. The molecule has 2 rings (SSSR count).